The van der Waals surface area contributed by atoms with Gasteiger partial charge in [-0.05, 0) is 43.9 Å². The van der Waals surface area contributed by atoms with E-state index in [2.05, 4.69) is 5.32 Å². The Morgan fingerprint density at radius 2 is 1.84 bits per heavy atom. The van der Waals surface area contributed by atoms with Gasteiger partial charge in [-0.2, -0.15) is 0 Å². The third kappa shape index (κ3) is 4.81. The number of methoxy groups -OCH3 is 1. The molecule has 0 radical (unpaired) electrons. The van der Waals surface area contributed by atoms with Crippen molar-refractivity contribution in [1.82, 2.24) is 0 Å². The van der Waals surface area contributed by atoms with E-state index in [0.717, 1.165) is 23.7 Å². The number of nitrogens with two attached hydrogens (primary N) is 1. The van der Waals surface area contributed by atoms with E-state index in [1.54, 1.807) is 7.11 Å². The van der Waals surface area contributed by atoms with Crippen LogP contribution in [0.25, 0.3) is 0 Å². The summed E-state index contributed by atoms with van der Waals surface area (Å²) in [7, 11) is 1.64. The average molecular weight is 381 g/mol. The fraction of sp³-hybridized carbons (Fsp3) is 0.400. The Morgan fingerprint density at radius 1 is 1.08 bits per heavy atom. The zero-order chi connectivity index (χ0) is 17.6. The molecule has 25 heavy (non-hydrogen) atoms. The Kier molecular flexibility index (Phi) is 6.46. The van der Waals surface area contributed by atoms with Crippen molar-refractivity contribution >= 4 is 23.2 Å². The topological polar surface area (TPSA) is 35.1 Å². The maximum absolute atomic E-state index is 6.46. The highest BCUT2D eigenvalue weighted by atomic mass is 35.5. The molecule has 0 bridgehead atoms. The van der Waals surface area contributed by atoms with E-state index in [9.17, 15) is 0 Å². The highest BCUT2D eigenvalue weighted by Gasteiger charge is 2.19. The van der Waals surface area contributed by atoms with Gasteiger partial charge in [-0.25, -0.2) is 0 Å². The van der Waals surface area contributed by atoms with Gasteiger partial charge in [0, 0.05) is 16.1 Å². The molecule has 0 spiro atoms. The Hall–Kier alpha value is -1.42. The first kappa shape index (κ1) is 18.4. The Bertz CT molecular complexity index is 715. The van der Waals surface area contributed by atoms with Gasteiger partial charge in [-0.15, -0.1) is 0 Å². The molecule has 0 amide bonds. The third-order valence-corrected chi connectivity index (χ3v) is 5.36. The molecule has 134 valence electrons. The molecular weight excluding hydrogens is 357 g/mol. The molecule has 0 heterocycles. The lowest BCUT2D eigenvalue weighted by Crippen LogP contribution is -2.87. The van der Waals surface area contributed by atoms with Crippen LogP contribution in [0.15, 0.2) is 36.4 Å². The van der Waals surface area contributed by atoms with Gasteiger partial charge in [0.2, 0.25) is 0 Å². The minimum atomic E-state index is 0.350. The summed E-state index contributed by atoms with van der Waals surface area (Å²) < 4.78 is 11.4. The second kappa shape index (κ2) is 8.79. The zero-order valence-corrected chi connectivity index (χ0v) is 15.9. The average Bonchev–Trinajstić information content (AvgIpc) is 3.13. The van der Waals surface area contributed by atoms with Gasteiger partial charge >= 0.3 is 0 Å². The van der Waals surface area contributed by atoms with E-state index in [1.807, 2.05) is 36.4 Å². The summed E-state index contributed by atoms with van der Waals surface area (Å²) in [6.45, 7) is 1.26. The Balaban J connectivity index is 1.69. The van der Waals surface area contributed by atoms with Crippen LogP contribution in [0.1, 0.15) is 36.8 Å². The van der Waals surface area contributed by atoms with Gasteiger partial charge in [0.15, 0.2) is 11.5 Å². The van der Waals surface area contributed by atoms with Crippen LogP contribution in [0.5, 0.6) is 11.5 Å². The molecule has 3 nitrogen and oxygen atoms in total. The molecule has 3 rings (SSSR count). The summed E-state index contributed by atoms with van der Waals surface area (Å²) in [6.07, 6.45) is 5.31. The van der Waals surface area contributed by atoms with Crippen LogP contribution in [0.4, 0.5) is 0 Å². The molecule has 0 atom stereocenters. The van der Waals surface area contributed by atoms with Gasteiger partial charge in [-0.1, -0.05) is 41.4 Å². The number of quaternary nitrogens is 1. The molecule has 2 N–H and O–H groups in total. The van der Waals surface area contributed by atoms with E-state index in [1.165, 1.54) is 25.7 Å². The Labute approximate surface area is 159 Å². The van der Waals surface area contributed by atoms with Crippen LogP contribution in [-0.4, -0.2) is 13.2 Å². The van der Waals surface area contributed by atoms with Crippen LogP contribution < -0.4 is 14.8 Å². The summed E-state index contributed by atoms with van der Waals surface area (Å²) in [5.41, 5.74) is 2.07. The maximum atomic E-state index is 6.46. The summed E-state index contributed by atoms with van der Waals surface area (Å²) in [5, 5.41) is 3.66. The second-order valence-corrected chi connectivity index (χ2v) is 7.29. The molecule has 0 unspecified atom stereocenters. The molecule has 1 saturated carbocycles. The fourth-order valence-electron chi connectivity index (χ4n) is 3.29. The van der Waals surface area contributed by atoms with E-state index < -0.39 is 0 Å². The van der Waals surface area contributed by atoms with Crippen molar-refractivity contribution in [3.63, 3.8) is 0 Å². The summed E-state index contributed by atoms with van der Waals surface area (Å²) >= 11 is 12.6. The predicted octanol–water partition coefficient (Wildman–Crippen LogP) is 4.59. The van der Waals surface area contributed by atoms with Crippen molar-refractivity contribution in [2.75, 3.05) is 7.11 Å². The SMILES string of the molecule is COc1cc(C[NH2+]C2CCCC2)cc(Cl)c1OCc1ccccc1Cl. The van der Waals surface area contributed by atoms with E-state index in [-0.39, 0.29) is 0 Å². The van der Waals surface area contributed by atoms with Gasteiger partial charge in [-0.3, -0.25) is 0 Å². The zero-order valence-electron chi connectivity index (χ0n) is 14.4. The van der Waals surface area contributed by atoms with E-state index in [4.69, 9.17) is 32.7 Å². The first-order valence-corrected chi connectivity index (χ1v) is 9.49. The molecule has 1 fully saturated rings. The lowest BCUT2D eigenvalue weighted by Gasteiger charge is -2.15. The van der Waals surface area contributed by atoms with E-state index >= 15 is 0 Å². The lowest BCUT2D eigenvalue weighted by molar-refractivity contribution is -0.703. The molecule has 1 aliphatic rings. The predicted molar refractivity (Wildman–Crippen MR) is 102 cm³/mol. The molecule has 2 aromatic rings. The van der Waals surface area contributed by atoms with Crippen molar-refractivity contribution < 1.29 is 14.8 Å². The fourth-order valence-corrected chi connectivity index (χ4v) is 3.77. The normalized spacial score (nSPS) is 14.7. The van der Waals surface area contributed by atoms with Crippen molar-refractivity contribution in [3.8, 4) is 11.5 Å². The monoisotopic (exact) mass is 380 g/mol. The van der Waals surface area contributed by atoms with Gasteiger partial charge in [0.25, 0.3) is 0 Å². The molecule has 0 aromatic heterocycles. The summed E-state index contributed by atoms with van der Waals surface area (Å²) in [5.74, 6) is 1.23. The quantitative estimate of drug-likeness (QED) is 0.762. The van der Waals surface area contributed by atoms with E-state index in [0.29, 0.717) is 28.2 Å². The van der Waals surface area contributed by atoms with Gasteiger partial charge in [0.05, 0.1) is 18.2 Å². The molecule has 1 aliphatic carbocycles. The number of hydrogen-bond acceptors (Lipinski definition) is 2. The van der Waals surface area contributed by atoms with Crippen LogP contribution in [0.3, 0.4) is 0 Å². The second-order valence-electron chi connectivity index (χ2n) is 6.47. The van der Waals surface area contributed by atoms with Crippen LogP contribution >= 0.6 is 23.2 Å². The number of halogens is 2. The number of ether oxygens (including phenoxy) is 2. The number of rotatable bonds is 7. The lowest BCUT2D eigenvalue weighted by atomic mass is 10.1. The smallest absolute Gasteiger partial charge is 0.180 e. The third-order valence-electron chi connectivity index (χ3n) is 4.71. The van der Waals surface area contributed by atoms with Crippen molar-refractivity contribution in [3.05, 3.63) is 57.6 Å². The maximum Gasteiger partial charge on any atom is 0.180 e. The van der Waals surface area contributed by atoms with Crippen LogP contribution in [0, 0.1) is 0 Å². The van der Waals surface area contributed by atoms with Crippen molar-refractivity contribution in [1.29, 1.82) is 0 Å². The number of hydrogen-bond donors (Lipinski definition) is 1. The van der Waals surface area contributed by atoms with Crippen molar-refractivity contribution in [2.45, 2.75) is 44.9 Å². The highest BCUT2D eigenvalue weighted by molar-refractivity contribution is 6.32. The van der Waals surface area contributed by atoms with Crippen LogP contribution in [-0.2, 0) is 13.2 Å². The first-order chi connectivity index (χ1) is 12.2. The Morgan fingerprint density at radius 3 is 2.56 bits per heavy atom. The molecular formula is C20H24Cl2NO2+. The minimum Gasteiger partial charge on any atom is -0.493 e. The number of benzene rings is 2. The van der Waals surface area contributed by atoms with Crippen molar-refractivity contribution in [2.24, 2.45) is 0 Å². The highest BCUT2D eigenvalue weighted by Crippen LogP contribution is 2.37. The molecule has 2 aromatic carbocycles. The molecule has 0 saturated heterocycles. The minimum absolute atomic E-state index is 0.350. The largest absolute Gasteiger partial charge is 0.493 e. The van der Waals surface area contributed by atoms with Gasteiger partial charge in [0.1, 0.15) is 13.2 Å². The van der Waals surface area contributed by atoms with Gasteiger partial charge < -0.3 is 14.8 Å². The van der Waals surface area contributed by atoms with Crippen LogP contribution in [0.2, 0.25) is 10.0 Å². The molecule has 5 heteroatoms. The standard InChI is InChI=1S/C20H23Cl2NO2/c1-24-19-11-14(12-23-16-7-3-4-8-16)10-18(22)20(19)25-13-15-6-2-5-9-17(15)21/h2,5-6,9-11,16,23H,3-4,7-8,12-13H2,1H3/p+1. The molecule has 0 aliphatic heterocycles. The first-order valence-electron chi connectivity index (χ1n) is 8.73. The summed E-state index contributed by atoms with van der Waals surface area (Å²) in [6, 6.07) is 12.3. The summed E-state index contributed by atoms with van der Waals surface area (Å²) in [4.78, 5) is 0.